The Bertz CT molecular complexity index is 478. The second-order valence-electron chi connectivity index (χ2n) is 10.3. The number of rotatable bonds is 7. The molecule has 3 rings (SSSR count). The highest BCUT2D eigenvalue weighted by atomic mass is 15.2. The lowest BCUT2D eigenvalue weighted by Crippen LogP contribution is -2.43. The molecule has 1 saturated heterocycles. The van der Waals surface area contributed by atoms with Crippen LogP contribution in [0, 0.1) is 5.41 Å². The Morgan fingerprint density at radius 3 is 1.25 bits per heavy atom. The molecule has 1 aliphatic carbocycles. The highest BCUT2D eigenvalue weighted by Gasteiger charge is 2.39. The van der Waals surface area contributed by atoms with Gasteiger partial charge in [0.15, 0.2) is 0 Å². The third kappa shape index (κ3) is 13.0. The largest absolute Gasteiger partial charge is 0.301 e. The first-order valence-corrected chi connectivity index (χ1v) is 14.2. The number of benzene rings is 1. The van der Waals surface area contributed by atoms with Crippen molar-refractivity contribution in [3.63, 3.8) is 0 Å². The fourth-order valence-corrected chi connectivity index (χ4v) is 4.70. The van der Waals surface area contributed by atoms with E-state index in [9.17, 15) is 0 Å². The van der Waals surface area contributed by atoms with E-state index in [0.29, 0.717) is 5.41 Å². The van der Waals surface area contributed by atoms with Crippen molar-refractivity contribution in [2.75, 3.05) is 13.1 Å². The second kappa shape index (κ2) is 19.6. The molecule has 0 saturated carbocycles. The third-order valence-corrected chi connectivity index (χ3v) is 6.96. The number of piperidine rings is 1. The van der Waals surface area contributed by atoms with Crippen molar-refractivity contribution >= 4 is 0 Å². The van der Waals surface area contributed by atoms with Crippen LogP contribution in [0.2, 0.25) is 0 Å². The summed E-state index contributed by atoms with van der Waals surface area (Å²) in [7, 11) is 0. The summed E-state index contributed by atoms with van der Waals surface area (Å²) >= 11 is 0. The van der Waals surface area contributed by atoms with E-state index in [1.807, 2.05) is 0 Å². The second-order valence-corrected chi connectivity index (χ2v) is 10.3. The average molecular weight is 446 g/mol. The van der Waals surface area contributed by atoms with Gasteiger partial charge < -0.3 is 4.90 Å². The highest BCUT2D eigenvalue weighted by Crippen LogP contribution is 2.44. The quantitative estimate of drug-likeness (QED) is 0.403. The normalized spacial score (nSPS) is 16.3. The first kappa shape index (κ1) is 31.2. The highest BCUT2D eigenvalue weighted by molar-refractivity contribution is 5.34. The summed E-state index contributed by atoms with van der Waals surface area (Å²) in [5, 5.41) is 0. The molecular formula is C31H59N. The Labute approximate surface area is 203 Å². The Kier molecular flexibility index (Phi) is 19.1. The molecule has 1 nitrogen and oxygen atoms in total. The van der Waals surface area contributed by atoms with E-state index in [-0.39, 0.29) is 0 Å². The van der Waals surface area contributed by atoms with Crippen LogP contribution in [0.15, 0.2) is 24.3 Å². The minimum Gasteiger partial charge on any atom is -0.301 e. The van der Waals surface area contributed by atoms with Gasteiger partial charge in [0.05, 0.1) is 0 Å². The number of unbranched alkanes of at least 4 members (excludes halogenated alkanes) is 6. The summed E-state index contributed by atoms with van der Waals surface area (Å²) in [5.41, 5.74) is 3.84. The molecule has 0 unspecified atom stereocenters. The summed E-state index contributed by atoms with van der Waals surface area (Å²) in [5.74, 6) is 0. The topological polar surface area (TPSA) is 3.24 Å². The summed E-state index contributed by atoms with van der Waals surface area (Å²) in [6, 6.07) is 9.77. The van der Waals surface area contributed by atoms with Gasteiger partial charge in [0.25, 0.3) is 0 Å². The number of hydrogen-bond acceptors (Lipinski definition) is 1. The van der Waals surface area contributed by atoms with Crippen LogP contribution in [-0.2, 0) is 12.8 Å². The number of nitrogens with zero attached hydrogens (tertiary/aromatic N) is 1. The van der Waals surface area contributed by atoms with E-state index in [1.54, 1.807) is 11.1 Å². The van der Waals surface area contributed by atoms with Gasteiger partial charge in [0.2, 0.25) is 0 Å². The molecule has 0 atom stereocenters. The number of fused-ring (bicyclic) bond motifs is 1. The lowest BCUT2D eigenvalue weighted by Gasteiger charge is -2.41. The average Bonchev–Trinajstić information content (AvgIpc) is 3.14. The van der Waals surface area contributed by atoms with Crippen molar-refractivity contribution in [2.24, 2.45) is 5.41 Å². The first-order chi connectivity index (χ1) is 15.4. The Balaban J connectivity index is 0.000000530. The van der Waals surface area contributed by atoms with Gasteiger partial charge in [-0.3, -0.25) is 0 Å². The fourth-order valence-electron chi connectivity index (χ4n) is 4.70. The molecule has 0 aromatic heterocycles. The summed E-state index contributed by atoms with van der Waals surface area (Å²) in [4.78, 5) is 2.63. The van der Waals surface area contributed by atoms with Crippen molar-refractivity contribution in [1.29, 1.82) is 0 Å². The molecule has 1 aromatic carbocycles. The maximum absolute atomic E-state index is 2.63. The Morgan fingerprint density at radius 2 is 1.00 bits per heavy atom. The molecule has 1 fully saturated rings. The minimum absolute atomic E-state index is 0.606. The molecule has 32 heavy (non-hydrogen) atoms. The van der Waals surface area contributed by atoms with Gasteiger partial charge in [0.1, 0.15) is 0 Å². The van der Waals surface area contributed by atoms with Crippen LogP contribution < -0.4 is 0 Å². The third-order valence-electron chi connectivity index (χ3n) is 6.96. The van der Waals surface area contributed by atoms with Crippen molar-refractivity contribution in [3.8, 4) is 0 Å². The molecule has 0 radical (unpaired) electrons. The monoisotopic (exact) mass is 445 g/mol. The summed E-state index contributed by atoms with van der Waals surface area (Å²) in [6.45, 7) is 20.5. The lowest BCUT2D eigenvalue weighted by molar-refractivity contribution is 0.0895. The van der Waals surface area contributed by atoms with Crippen LogP contribution in [0.3, 0.4) is 0 Å². The van der Waals surface area contributed by atoms with E-state index in [0.717, 1.165) is 6.04 Å². The molecular weight excluding hydrogens is 386 g/mol. The van der Waals surface area contributed by atoms with Gasteiger partial charge in [-0.15, -0.1) is 0 Å². The van der Waals surface area contributed by atoms with Crippen LogP contribution in [0.5, 0.6) is 0 Å². The van der Waals surface area contributed by atoms with E-state index < -0.39 is 0 Å². The zero-order valence-electron chi connectivity index (χ0n) is 23.4. The fraction of sp³-hybridized carbons (Fsp3) is 0.806. The molecule has 0 bridgehead atoms. The standard InChI is InChI=1S/C16H23N.3C5H12/c1-13(2)17-9-7-16(8-10-17)11-14-5-3-4-6-15(14)12-16;3*1-3-5-4-2/h3-6,13H,7-12H2,1-2H3;3*3-5H2,1-2H3. The van der Waals surface area contributed by atoms with Crippen LogP contribution >= 0.6 is 0 Å². The van der Waals surface area contributed by atoms with Gasteiger partial charge in [-0.2, -0.15) is 0 Å². The summed E-state index contributed by atoms with van der Waals surface area (Å²) in [6.07, 6.45) is 17.7. The van der Waals surface area contributed by atoms with Gasteiger partial charge in [-0.25, -0.2) is 0 Å². The van der Waals surface area contributed by atoms with Crippen molar-refractivity contribution < 1.29 is 0 Å². The minimum atomic E-state index is 0.606. The Morgan fingerprint density at radius 1 is 0.656 bits per heavy atom. The molecule has 1 aliphatic heterocycles. The predicted octanol–water partition coefficient (Wildman–Crippen LogP) is 9.87. The van der Waals surface area contributed by atoms with E-state index in [1.165, 1.54) is 96.6 Å². The predicted molar refractivity (Wildman–Crippen MR) is 148 cm³/mol. The van der Waals surface area contributed by atoms with Gasteiger partial charge in [-0.05, 0) is 69.2 Å². The van der Waals surface area contributed by atoms with Crippen LogP contribution in [0.1, 0.15) is 137 Å². The smallest absolute Gasteiger partial charge is 0.00385 e. The van der Waals surface area contributed by atoms with E-state index in [2.05, 4.69) is 84.6 Å². The van der Waals surface area contributed by atoms with Gasteiger partial charge in [-0.1, -0.05) is 124 Å². The van der Waals surface area contributed by atoms with Crippen LogP contribution in [0.25, 0.3) is 0 Å². The molecule has 188 valence electrons. The van der Waals surface area contributed by atoms with Crippen LogP contribution in [0.4, 0.5) is 0 Å². The van der Waals surface area contributed by atoms with E-state index >= 15 is 0 Å². The van der Waals surface area contributed by atoms with Crippen molar-refractivity contribution in [3.05, 3.63) is 35.4 Å². The molecule has 1 spiro atoms. The molecule has 0 amide bonds. The van der Waals surface area contributed by atoms with E-state index in [4.69, 9.17) is 0 Å². The zero-order valence-corrected chi connectivity index (χ0v) is 23.4. The van der Waals surface area contributed by atoms with Crippen molar-refractivity contribution in [1.82, 2.24) is 4.90 Å². The maximum atomic E-state index is 2.63. The molecule has 1 heterocycles. The SMILES string of the molecule is CC(C)N1CCC2(CC1)Cc1ccccc1C2.CCCCC.CCCCC.CCCCC. The lowest BCUT2D eigenvalue weighted by atomic mass is 9.76. The van der Waals surface area contributed by atoms with Gasteiger partial charge in [0, 0.05) is 6.04 Å². The molecule has 2 aliphatic rings. The zero-order chi connectivity index (χ0) is 24.2. The van der Waals surface area contributed by atoms with Gasteiger partial charge >= 0.3 is 0 Å². The number of likely N-dealkylation sites (tertiary alicyclic amines) is 1. The number of hydrogen-bond donors (Lipinski definition) is 0. The molecule has 1 aromatic rings. The maximum Gasteiger partial charge on any atom is 0.00385 e. The molecule has 1 heteroatoms. The summed E-state index contributed by atoms with van der Waals surface area (Å²) < 4.78 is 0. The van der Waals surface area contributed by atoms with Crippen molar-refractivity contribution in [2.45, 2.75) is 145 Å². The van der Waals surface area contributed by atoms with Crippen LogP contribution in [-0.4, -0.2) is 24.0 Å². The Hall–Kier alpha value is -0.820. The molecule has 0 N–H and O–H groups in total. The first-order valence-electron chi connectivity index (χ1n) is 14.2.